The maximum atomic E-state index is 5.59. The Hall–Kier alpha value is -2.52. The summed E-state index contributed by atoms with van der Waals surface area (Å²) in [5.74, 6) is 0.880. The molecule has 0 saturated heterocycles. The van der Waals surface area contributed by atoms with Crippen molar-refractivity contribution in [1.29, 1.82) is 0 Å². The zero-order chi connectivity index (χ0) is 16.1. The van der Waals surface area contributed by atoms with E-state index in [0.717, 1.165) is 29.8 Å². The molecule has 3 rings (SSSR count). The van der Waals surface area contributed by atoms with Crippen LogP contribution in [-0.2, 0) is 6.54 Å². The van der Waals surface area contributed by atoms with Gasteiger partial charge in [-0.15, -0.1) is 0 Å². The van der Waals surface area contributed by atoms with E-state index in [2.05, 4.69) is 54.4 Å². The third-order valence-electron chi connectivity index (χ3n) is 3.84. The first-order chi connectivity index (χ1) is 11.3. The van der Waals surface area contributed by atoms with Gasteiger partial charge in [-0.3, -0.25) is 4.90 Å². The van der Waals surface area contributed by atoms with Crippen molar-refractivity contribution in [2.75, 3.05) is 20.7 Å². The standard InChI is InChI=1S/C20H21NO2/c1-21(13-4-5-16-8-10-19(22-2)11-9-16)15-18-7-3-6-17-12-14-23-20(17)18/h3-12,14H,13,15H2,1-2H3. The van der Waals surface area contributed by atoms with Gasteiger partial charge in [0.1, 0.15) is 11.3 Å². The normalized spacial score (nSPS) is 11.6. The van der Waals surface area contributed by atoms with E-state index in [0.29, 0.717) is 0 Å². The van der Waals surface area contributed by atoms with Gasteiger partial charge in [-0.1, -0.05) is 42.5 Å². The molecule has 3 nitrogen and oxygen atoms in total. The third-order valence-corrected chi connectivity index (χ3v) is 3.84. The Morgan fingerprint density at radius 2 is 1.91 bits per heavy atom. The zero-order valence-electron chi connectivity index (χ0n) is 13.5. The summed E-state index contributed by atoms with van der Waals surface area (Å²) in [6, 6.07) is 16.3. The van der Waals surface area contributed by atoms with Crippen LogP contribution in [0.4, 0.5) is 0 Å². The van der Waals surface area contributed by atoms with E-state index in [1.165, 1.54) is 11.1 Å². The largest absolute Gasteiger partial charge is 0.497 e. The monoisotopic (exact) mass is 307 g/mol. The minimum atomic E-state index is 0.859. The van der Waals surface area contributed by atoms with Gasteiger partial charge >= 0.3 is 0 Å². The fourth-order valence-corrected chi connectivity index (χ4v) is 2.62. The Bertz CT molecular complexity index is 787. The quantitative estimate of drug-likeness (QED) is 0.666. The highest BCUT2D eigenvalue weighted by Gasteiger charge is 2.05. The molecule has 0 unspecified atom stereocenters. The van der Waals surface area contributed by atoms with E-state index in [-0.39, 0.29) is 0 Å². The smallest absolute Gasteiger partial charge is 0.138 e. The Labute approximate surface area is 136 Å². The second-order valence-electron chi connectivity index (χ2n) is 5.63. The summed E-state index contributed by atoms with van der Waals surface area (Å²) in [6.07, 6.45) is 6.05. The lowest BCUT2D eigenvalue weighted by Crippen LogP contribution is -2.17. The van der Waals surface area contributed by atoms with Gasteiger partial charge in [-0.2, -0.15) is 0 Å². The second kappa shape index (κ2) is 7.16. The van der Waals surface area contributed by atoms with Gasteiger partial charge in [-0.25, -0.2) is 0 Å². The van der Waals surface area contributed by atoms with Crippen LogP contribution in [0.2, 0.25) is 0 Å². The number of methoxy groups -OCH3 is 1. The van der Waals surface area contributed by atoms with Crippen LogP contribution in [0.5, 0.6) is 5.75 Å². The third kappa shape index (κ3) is 3.82. The number of likely N-dealkylation sites (N-methyl/N-ethyl adjacent to an activating group) is 1. The fraction of sp³-hybridized carbons (Fsp3) is 0.200. The van der Waals surface area contributed by atoms with Gasteiger partial charge < -0.3 is 9.15 Å². The number of benzene rings is 2. The predicted molar refractivity (Wildman–Crippen MR) is 94.6 cm³/mol. The van der Waals surface area contributed by atoms with Crippen LogP contribution in [0.1, 0.15) is 11.1 Å². The molecule has 3 heteroatoms. The molecule has 0 amide bonds. The molecule has 0 aliphatic heterocycles. The first-order valence-electron chi connectivity index (χ1n) is 7.70. The minimum Gasteiger partial charge on any atom is -0.497 e. The SMILES string of the molecule is COc1ccc(C=CCN(C)Cc2cccc3ccoc23)cc1. The lowest BCUT2D eigenvalue weighted by atomic mass is 10.1. The van der Waals surface area contributed by atoms with Gasteiger partial charge in [0, 0.05) is 24.0 Å². The van der Waals surface area contributed by atoms with E-state index in [4.69, 9.17) is 9.15 Å². The fourth-order valence-electron chi connectivity index (χ4n) is 2.62. The second-order valence-corrected chi connectivity index (χ2v) is 5.63. The summed E-state index contributed by atoms with van der Waals surface area (Å²) in [4.78, 5) is 2.26. The Balaban J connectivity index is 1.59. The average molecular weight is 307 g/mol. The Morgan fingerprint density at radius 3 is 2.70 bits per heavy atom. The van der Waals surface area contributed by atoms with Gasteiger partial charge in [0.2, 0.25) is 0 Å². The number of furan rings is 1. The summed E-state index contributed by atoms with van der Waals surface area (Å²) in [7, 11) is 3.79. The van der Waals surface area contributed by atoms with Crippen LogP contribution in [0, 0.1) is 0 Å². The lowest BCUT2D eigenvalue weighted by molar-refractivity contribution is 0.363. The van der Waals surface area contributed by atoms with E-state index < -0.39 is 0 Å². The highest BCUT2D eigenvalue weighted by molar-refractivity contribution is 5.80. The summed E-state index contributed by atoms with van der Waals surface area (Å²) in [5, 5.41) is 1.16. The summed E-state index contributed by atoms with van der Waals surface area (Å²) < 4.78 is 10.8. The number of ether oxygens (including phenoxy) is 1. The number of fused-ring (bicyclic) bond motifs is 1. The van der Waals surface area contributed by atoms with E-state index >= 15 is 0 Å². The molecule has 3 aromatic rings. The van der Waals surface area contributed by atoms with Gasteiger partial charge in [-0.05, 0) is 30.8 Å². The molecule has 0 saturated carbocycles. The Morgan fingerprint density at radius 1 is 1.09 bits per heavy atom. The summed E-state index contributed by atoms with van der Waals surface area (Å²) in [6.45, 7) is 1.74. The zero-order valence-corrected chi connectivity index (χ0v) is 13.5. The van der Waals surface area contributed by atoms with Gasteiger partial charge in [0.05, 0.1) is 13.4 Å². The van der Waals surface area contributed by atoms with E-state index in [1.54, 1.807) is 13.4 Å². The van der Waals surface area contributed by atoms with Crippen molar-refractivity contribution in [1.82, 2.24) is 4.90 Å². The number of hydrogen-bond acceptors (Lipinski definition) is 3. The summed E-state index contributed by atoms with van der Waals surface area (Å²) in [5.41, 5.74) is 3.37. The number of nitrogens with zero attached hydrogens (tertiary/aromatic N) is 1. The molecule has 2 aromatic carbocycles. The molecule has 0 fully saturated rings. The van der Waals surface area contributed by atoms with E-state index in [9.17, 15) is 0 Å². The molecule has 0 aliphatic rings. The van der Waals surface area contributed by atoms with Crippen molar-refractivity contribution in [3.05, 3.63) is 72.0 Å². The molecule has 0 N–H and O–H groups in total. The topological polar surface area (TPSA) is 25.6 Å². The molecular weight excluding hydrogens is 286 g/mol. The van der Waals surface area contributed by atoms with Crippen LogP contribution in [0.3, 0.4) is 0 Å². The highest BCUT2D eigenvalue weighted by atomic mass is 16.5. The molecule has 0 aliphatic carbocycles. The molecule has 23 heavy (non-hydrogen) atoms. The molecule has 0 radical (unpaired) electrons. The van der Waals surface area contributed by atoms with Crippen LogP contribution in [0.15, 0.2) is 65.3 Å². The average Bonchev–Trinajstić information content (AvgIpc) is 3.05. The van der Waals surface area contributed by atoms with Gasteiger partial charge in [0.15, 0.2) is 0 Å². The highest BCUT2D eigenvalue weighted by Crippen LogP contribution is 2.20. The summed E-state index contributed by atoms with van der Waals surface area (Å²) >= 11 is 0. The minimum absolute atomic E-state index is 0.859. The molecule has 1 aromatic heterocycles. The van der Waals surface area contributed by atoms with Gasteiger partial charge in [0.25, 0.3) is 0 Å². The van der Waals surface area contributed by atoms with Crippen LogP contribution in [0.25, 0.3) is 17.0 Å². The first-order valence-corrected chi connectivity index (χ1v) is 7.70. The number of hydrogen-bond donors (Lipinski definition) is 0. The van der Waals surface area contributed by atoms with Crippen molar-refractivity contribution in [2.24, 2.45) is 0 Å². The molecule has 118 valence electrons. The number of para-hydroxylation sites is 1. The molecular formula is C20H21NO2. The first kappa shape index (κ1) is 15.4. The molecule has 0 bridgehead atoms. The van der Waals surface area contributed by atoms with Crippen LogP contribution in [-0.4, -0.2) is 25.6 Å². The molecule has 0 atom stereocenters. The maximum Gasteiger partial charge on any atom is 0.138 e. The van der Waals surface area contributed by atoms with Crippen LogP contribution < -0.4 is 4.74 Å². The van der Waals surface area contributed by atoms with Crippen LogP contribution >= 0.6 is 0 Å². The van der Waals surface area contributed by atoms with Crippen molar-refractivity contribution in [2.45, 2.75) is 6.54 Å². The molecule has 1 heterocycles. The van der Waals surface area contributed by atoms with Crippen molar-refractivity contribution >= 4 is 17.0 Å². The molecule has 0 spiro atoms. The van der Waals surface area contributed by atoms with E-state index in [1.807, 2.05) is 18.2 Å². The predicted octanol–water partition coefficient (Wildman–Crippen LogP) is 4.59. The van der Waals surface area contributed by atoms with Crippen molar-refractivity contribution in [3.63, 3.8) is 0 Å². The lowest BCUT2D eigenvalue weighted by Gasteiger charge is -2.14. The number of rotatable bonds is 6. The van der Waals surface area contributed by atoms with Crippen molar-refractivity contribution < 1.29 is 9.15 Å². The Kier molecular flexibility index (Phi) is 4.79. The maximum absolute atomic E-state index is 5.59. The van der Waals surface area contributed by atoms with Crippen molar-refractivity contribution in [3.8, 4) is 5.75 Å².